The summed E-state index contributed by atoms with van der Waals surface area (Å²) in [6.45, 7) is 31.1. The standard InChI is InChI=1S/C5H12.C4H10.3C2H6.C2H4/c1-4-5(2)3;1-4(2)3;4*1-2/h5H,4H2,1-3H3;4H,1-3H3;3*1-2H3;1-2H2. The minimum Gasteiger partial charge on any atom is -0.106 e. The van der Waals surface area contributed by atoms with Gasteiger partial charge in [-0.1, -0.05) is 89.5 Å². The van der Waals surface area contributed by atoms with Crippen molar-refractivity contribution in [1.29, 1.82) is 0 Å². The molecule has 17 heavy (non-hydrogen) atoms. The highest BCUT2D eigenvalue weighted by Gasteiger charge is 1.80. The van der Waals surface area contributed by atoms with Gasteiger partial charge in [-0.05, 0) is 11.8 Å². The maximum Gasteiger partial charge on any atom is -0.0474 e. The zero-order valence-corrected chi connectivity index (χ0v) is 15.3. The van der Waals surface area contributed by atoms with Gasteiger partial charge in [0.25, 0.3) is 0 Å². The number of hydrogen-bond donors (Lipinski definition) is 0. The molecular weight excluding hydrogens is 204 g/mol. The van der Waals surface area contributed by atoms with E-state index in [4.69, 9.17) is 0 Å². The Bertz CT molecular complexity index is 41.2. The third kappa shape index (κ3) is 981. The summed E-state index contributed by atoms with van der Waals surface area (Å²) in [7, 11) is 0. The van der Waals surface area contributed by atoms with Crippen LogP contribution in [0.5, 0.6) is 0 Å². The highest BCUT2D eigenvalue weighted by atomic mass is 13.9. The van der Waals surface area contributed by atoms with Crippen LogP contribution in [0.4, 0.5) is 0 Å². The Morgan fingerprint density at radius 1 is 0.647 bits per heavy atom. The van der Waals surface area contributed by atoms with Crippen molar-refractivity contribution in [2.75, 3.05) is 0 Å². The molecule has 0 heterocycles. The lowest BCUT2D eigenvalue weighted by atomic mass is 10.2. The summed E-state index contributed by atoms with van der Waals surface area (Å²) < 4.78 is 0. The van der Waals surface area contributed by atoms with Gasteiger partial charge in [0.05, 0.1) is 0 Å². The average molecular weight is 249 g/mol. The van der Waals surface area contributed by atoms with Crippen molar-refractivity contribution in [3.05, 3.63) is 13.2 Å². The van der Waals surface area contributed by atoms with Crippen LogP contribution < -0.4 is 0 Å². The molecule has 0 aliphatic rings. The molecule has 112 valence electrons. The lowest BCUT2D eigenvalue weighted by Gasteiger charge is -1.90. The van der Waals surface area contributed by atoms with E-state index in [1.54, 1.807) is 0 Å². The summed E-state index contributed by atoms with van der Waals surface area (Å²) in [6.07, 6.45) is 1.31. The fourth-order valence-electron chi connectivity index (χ4n) is 0. The molecule has 0 saturated heterocycles. The van der Waals surface area contributed by atoms with E-state index < -0.39 is 0 Å². The first kappa shape index (κ1) is 36.0. The van der Waals surface area contributed by atoms with Gasteiger partial charge in [-0.3, -0.25) is 0 Å². The molecule has 0 heteroatoms. The van der Waals surface area contributed by atoms with E-state index >= 15 is 0 Å². The molecule has 0 amide bonds. The van der Waals surface area contributed by atoms with Crippen molar-refractivity contribution in [2.24, 2.45) is 11.8 Å². The molecule has 0 aromatic rings. The highest BCUT2D eigenvalue weighted by Crippen LogP contribution is 1.93. The fraction of sp³-hybridized carbons (Fsp3) is 0.882. The van der Waals surface area contributed by atoms with Crippen molar-refractivity contribution in [1.82, 2.24) is 0 Å². The quantitative estimate of drug-likeness (QED) is 0.419. The zero-order chi connectivity index (χ0) is 15.9. The Morgan fingerprint density at radius 3 is 0.706 bits per heavy atom. The van der Waals surface area contributed by atoms with E-state index in [0.29, 0.717) is 0 Å². The van der Waals surface area contributed by atoms with Gasteiger partial charge in [-0.2, -0.15) is 0 Å². The van der Waals surface area contributed by atoms with Gasteiger partial charge >= 0.3 is 0 Å². The SMILES string of the molecule is C=C.CC.CC.CC.CC(C)C.CCC(C)C. The highest BCUT2D eigenvalue weighted by molar-refractivity contribution is 4.32. The maximum atomic E-state index is 3.00. The normalized spacial score (nSPS) is 6.24. The molecule has 0 aliphatic heterocycles. The lowest BCUT2D eigenvalue weighted by molar-refractivity contribution is 0.626. The third-order valence-electron chi connectivity index (χ3n) is 0.816. The molecule has 0 spiro atoms. The third-order valence-corrected chi connectivity index (χ3v) is 0.816. The van der Waals surface area contributed by atoms with Crippen LogP contribution in [0.1, 0.15) is 89.5 Å². The van der Waals surface area contributed by atoms with Crippen LogP contribution in [0.3, 0.4) is 0 Å². The summed E-state index contributed by atoms with van der Waals surface area (Å²) in [4.78, 5) is 0. The molecule has 0 fully saturated rings. The van der Waals surface area contributed by atoms with Gasteiger partial charge in [0, 0.05) is 0 Å². The second-order valence-corrected chi connectivity index (χ2v) is 3.53. The summed E-state index contributed by atoms with van der Waals surface area (Å²) in [5, 5.41) is 0. The first-order valence-electron chi connectivity index (χ1n) is 7.50. The molecule has 0 saturated carbocycles. The molecule has 0 aliphatic carbocycles. The molecule has 0 rings (SSSR count). The van der Waals surface area contributed by atoms with Crippen LogP contribution in [0, 0.1) is 11.8 Å². The second kappa shape index (κ2) is 75.3. The van der Waals surface area contributed by atoms with E-state index in [0.717, 1.165) is 11.8 Å². The molecule has 0 unspecified atom stereocenters. The average Bonchev–Trinajstić information content (AvgIpc) is 2.38. The van der Waals surface area contributed by atoms with Gasteiger partial charge in [-0.15, -0.1) is 13.2 Å². The molecule has 0 radical (unpaired) electrons. The molecular formula is C17H44. The maximum absolute atomic E-state index is 3.00. The number of hydrogen-bond acceptors (Lipinski definition) is 0. The smallest absolute Gasteiger partial charge is 0.0474 e. The van der Waals surface area contributed by atoms with Crippen LogP contribution in [0.15, 0.2) is 13.2 Å². The van der Waals surface area contributed by atoms with Crippen molar-refractivity contribution in [3.63, 3.8) is 0 Å². The second-order valence-electron chi connectivity index (χ2n) is 3.53. The Balaban J connectivity index is -0.0000000228. The minimum absolute atomic E-state index is 0.833. The zero-order valence-electron chi connectivity index (χ0n) is 15.3. The van der Waals surface area contributed by atoms with Gasteiger partial charge < -0.3 is 0 Å². The van der Waals surface area contributed by atoms with Crippen molar-refractivity contribution >= 4 is 0 Å². The van der Waals surface area contributed by atoms with Gasteiger partial charge in [0.15, 0.2) is 0 Å². The summed E-state index contributed by atoms with van der Waals surface area (Å²) in [5.74, 6) is 1.72. The van der Waals surface area contributed by atoms with Crippen LogP contribution >= 0.6 is 0 Å². The first-order chi connectivity index (χ1) is 8.00. The van der Waals surface area contributed by atoms with Crippen LogP contribution in [0.2, 0.25) is 0 Å². The van der Waals surface area contributed by atoms with Crippen molar-refractivity contribution in [2.45, 2.75) is 89.5 Å². The van der Waals surface area contributed by atoms with E-state index in [-0.39, 0.29) is 0 Å². The Morgan fingerprint density at radius 2 is 0.706 bits per heavy atom. The Hall–Kier alpha value is -0.260. The topological polar surface area (TPSA) is 0 Å². The van der Waals surface area contributed by atoms with E-state index in [1.807, 2.05) is 41.5 Å². The largest absolute Gasteiger partial charge is 0.106 e. The lowest BCUT2D eigenvalue weighted by Crippen LogP contribution is -1.77. The van der Waals surface area contributed by atoms with Gasteiger partial charge in [0.2, 0.25) is 0 Å². The Labute approximate surface area is 115 Å². The van der Waals surface area contributed by atoms with Crippen molar-refractivity contribution in [3.8, 4) is 0 Å². The fourth-order valence-corrected chi connectivity index (χ4v) is 0. The predicted octanol–water partition coefficient (Wildman–Crippen LogP) is 7.60. The summed E-state index contributed by atoms with van der Waals surface area (Å²) in [5.41, 5.74) is 0. The summed E-state index contributed by atoms with van der Waals surface area (Å²) >= 11 is 0. The van der Waals surface area contributed by atoms with E-state index in [2.05, 4.69) is 54.7 Å². The monoisotopic (exact) mass is 248 g/mol. The van der Waals surface area contributed by atoms with Crippen LogP contribution in [-0.4, -0.2) is 0 Å². The Kier molecular flexibility index (Phi) is 159. The number of rotatable bonds is 1. The minimum atomic E-state index is 0.833. The van der Waals surface area contributed by atoms with Crippen LogP contribution in [-0.2, 0) is 0 Å². The molecule has 0 aromatic carbocycles. The summed E-state index contributed by atoms with van der Waals surface area (Å²) in [6, 6.07) is 0. The van der Waals surface area contributed by atoms with Gasteiger partial charge in [0.1, 0.15) is 0 Å². The van der Waals surface area contributed by atoms with E-state index in [9.17, 15) is 0 Å². The molecule has 0 bridgehead atoms. The molecule has 0 N–H and O–H groups in total. The molecule has 0 atom stereocenters. The molecule has 0 nitrogen and oxygen atoms in total. The van der Waals surface area contributed by atoms with Crippen molar-refractivity contribution < 1.29 is 0 Å². The molecule has 0 aromatic heterocycles. The first-order valence-corrected chi connectivity index (χ1v) is 7.50. The predicted molar refractivity (Wildman–Crippen MR) is 90.9 cm³/mol. The van der Waals surface area contributed by atoms with Crippen LogP contribution in [0.25, 0.3) is 0 Å². The van der Waals surface area contributed by atoms with Gasteiger partial charge in [-0.25, -0.2) is 0 Å². The van der Waals surface area contributed by atoms with E-state index in [1.165, 1.54) is 6.42 Å².